The fourth-order valence-electron chi connectivity index (χ4n) is 2.35. The molecule has 1 aliphatic heterocycles. The highest BCUT2D eigenvalue weighted by atomic mass is 16.7. The molecular weight excluding hydrogens is 244 g/mol. The second-order valence-electron chi connectivity index (χ2n) is 6.03. The number of hydrogen-bond acceptors (Lipinski definition) is 4. The van der Waals surface area contributed by atoms with Gasteiger partial charge in [-0.15, -0.1) is 5.73 Å². The second-order valence-corrected chi connectivity index (χ2v) is 6.03. The predicted octanol–water partition coefficient (Wildman–Crippen LogP) is 2.73. The second kappa shape index (κ2) is 5.49. The summed E-state index contributed by atoms with van der Waals surface area (Å²) < 4.78 is 16.5. The molecule has 4 heteroatoms. The zero-order valence-corrected chi connectivity index (χ0v) is 12.0. The molecule has 1 aliphatic carbocycles. The van der Waals surface area contributed by atoms with Crippen molar-refractivity contribution in [3.63, 3.8) is 0 Å². The summed E-state index contributed by atoms with van der Waals surface area (Å²) in [7, 11) is 0. The van der Waals surface area contributed by atoms with Gasteiger partial charge in [-0.1, -0.05) is 0 Å². The van der Waals surface area contributed by atoms with Crippen molar-refractivity contribution < 1.29 is 19.0 Å². The van der Waals surface area contributed by atoms with Gasteiger partial charge in [0.2, 0.25) is 0 Å². The van der Waals surface area contributed by atoms with Crippen LogP contribution in [0.4, 0.5) is 0 Å². The molecule has 0 N–H and O–H groups in total. The van der Waals surface area contributed by atoms with Gasteiger partial charge in [0, 0.05) is 12.8 Å². The van der Waals surface area contributed by atoms with Crippen LogP contribution in [0.1, 0.15) is 46.5 Å². The van der Waals surface area contributed by atoms with E-state index in [1.165, 1.54) is 6.08 Å². The van der Waals surface area contributed by atoms with Gasteiger partial charge in [-0.3, -0.25) is 0 Å². The van der Waals surface area contributed by atoms with Crippen molar-refractivity contribution in [2.24, 2.45) is 0 Å². The Morgan fingerprint density at radius 2 is 1.84 bits per heavy atom. The van der Waals surface area contributed by atoms with Gasteiger partial charge in [-0.25, -0.2) is 4.79 Å². The van der Waals surface area contributed by atoms with E-state index >= 15 is 0 Å². The summed E-state index contributed by atoms with van der Waals surface area (Å²) in [5.74, 6) is -0.703. The summed E-state index contributed by atoms with van der Waals surface area (Å²) in [5, 5.41) is 0. The van der Waals surface area contributed by atoms with Crippen molar-refractivity contribution in [1.82, 2.24) is 0 Å². The lowest BCUT2D eigenvalue weighted by atomic mass is 9.90. The smallest absolute Gasteiger partial charge is 0.339 e. The number of carbonyl (C=O) groups excluding carboxylic acids is 1. The number of carbonyl (C=O) groups is 1. The molecule has 19 heavy (non-hydrogen) atoms. The third kappa shape index (κ3) is 4.20. The molecule has 106 valence electrons. The van der Waals surface area contributed by atoms with Crippen LogP contribution in [0.5, 0.6) is 0 Å². The fraction of sp³-hybridized carbons (Fsp3) is 0.733. The quantitative estimate of drug-likeness (QED) is 0.416. The topological polar surface area (TPSA) is 44.8 Å². The molecule has 0 bridgehead atoms. The molecule has 0 amide bonds. The minimum atomic E-state index is -0.456. The van der Waals surface area contributed by atoms with Crippen LogP contribution in [0.3, 0.4) is 0 Å². The van der Waals surface area contributed by atoms with Gasteiger partial charge in [0.15, 0.2) is 5.79 Å². The van der Waals surface area contributed by atoms with Gasteiger partial charge in [-0.2, -0.15) is 0 Å². The Labute approximate surface area is 114 Å². The van der Waals surface area contributed by atoms with E-state index < -0.39 is 5.60 Å². The van der Waals surface area contributed by atoms with E-state index in [2.05, 4.69) is 5.73 Å². The van der Waals surface area contributed by atoms with Crippen molar-refractivity contribution in [2.45, 2.75) is 57.8 Å². The number of esters is 1. The lowest BCUT2D eigenvalue weighted by molar-refractivity contribution is -0.171. The first-order valence-electron chi connectivity index (χ1n) is 6.84. The molecule has 0 atom stereocenters. The molecule has 0 radical (unpaired) electrons. The van der Waals surface area contributed by atoms with E-state index in [1.807, 2.05) is 20.8 Å². The van der Waals surface area contributed by atoms with E-state index in [9.17, 15) is 4.79 Å². The Hall–Kier alpha value is -1.09. The Balaban J connectivity index is 1.89. The third-order valence-corrected chi connectivity index (χ3v) is 3.23. The van der Waals surface area contributed by atoms with E-state index in [0.717, 1.165) is 31.3 Å². The van der Waals surface area contributed by atoms with Crippen LogP contribution in [0.15, 0.2) is 17.4 Å². The van der Waals surface area contributed by atoms with Gasteiger partial charge < -0.3 is 14.2 Å². The molecule has 4 nitrogen and oxygen atoms in total. The highest BCUT2D eigenvalue weighted by molar-refractivity contribution is 5.82. The Bertz CT molecular complexity index is 392. The maximum Gasteiger partial charge on any atom is 0.339 e. The third-order valence-electron chi connectivity index (χ3n) is 3.23. The molecule has 0 aromatic rings. The zero-order chi connectivity index (χ0) is 13.9. The molecule has 0 unspecified atom stereocenters. The largest absolute Gasteiger partial charge is 0.456 e. The standard InChI is InChI=1S/C15H22O4/c1-14(2,3)19-13(16)5-4-12-6-8-15(9-7-12)17-10-11-18-15/h5H,6-11H2,1-3H3. The first-order chi connectivity index (χ1) is 8.89. The first-order valence-corrected chi connectivity index (χ1v) is 6.84. The molecule has 1 spiro atoms. The van der Waals surface area contributed by atoms with Gasteiger partial charge in [0.1, 0.15) is 5.60 Å². The van der Waals surface area contributed by atoms with Crippen LogP contribution < -0.4 is 0 Å². The summed E-state index contributed by atoms with van der Waals surface area (Å²) in [6.45, 7) is 6.93. The van der Waals surface area contributed by atoms with E-state index in [4.69, 9.17) is 14.2 Å². The number of ether oxygens (including phenoxy) is 3. The van der Waals surface area contributed by atoms with Crippen molar-refractivity contribution >= 4 is 5.97 Å². The van der Waals surface area contributed by atoms with Gasteiger partial charge in [-0.05, 0) is 39.2 Å². The summed E-state index contributed by atoms with van der Waals surface area (Å²) in [5.41, 5.74) is 3.73. The zero-order valence-electron chi connectivity index (χ0n) is 12.0. The Kier molecular flexibility index (Phi) is 4.14. The Morgan fingerprint density at radius 3 is 2.37 bits per heavy atom. The first kappa shape index (κ1) is 14.3. The van der Waals surface area contributed by atoms with E-state index in [0.29, 0.717) is 13.2 Å². The highest BCUT2D eigenvalue weighted by Gasteiger charge is 2.38. The molecule has 0 aromatic heterocycles. The summed E-state index contributed by atoms with van der Waals surface area (Å²) in [4.78, 5) is 11.5. The molecular formula is C15H22O4. The van der Waals surface area contributed by atoms with Crippen LogP contribution in [-0.2, 0) is 19.0 Å². The molecule has 2 aliphatic rings. The minimum absolute atomic E-state index is 0.339. The van der Waals surface area contributed by atoms with Crippen molar-refractivity contribution in [1.29, 1.82) is 0 Å². The SMILES string of the molecule is CC(C)(C)OC(=O)C=C=C1CCC2(CC1)OCCO2. The lowest BCUT2D eigenvalue weighted by Crippen LogP contribution is -2.32. The molecule has 1 saturated heterocycles. The lowest BCUT2D eigenvalue weighted by Gasteiger charge is -2.31. The number of hydrogen-bond donors (Lipinski definition) is 0. The minimum Gasteiger partial charge on any atom is -0.456 e. The van der Waals surface area contributed by atoms with Crippen LogP contribution in [0.2, 0.25) is 0 Å². The molecule has 2 fully saturated rings. The van der Waals surface area contributed by atoms with Crippen molar-refractivity contribution in [3.05, 3.63) is 17.4 Å². The Morgan fingerprint density at radius 1 is 1.26 bits per heavy atom. The molecule has 1 heterocycles. The summed E-state index contributed by atoms with van der Waals surface area (Å²) in [6.07, 6.45) is 4.81. The maximum atomic E-state index is 11.5. The fourth-order valence-corrected chi connectivity index (χ4v) is 2.35. The van der Waals surface area contributed by atoms with Gasteiger partial charge in [0.25, 0.3) is 0 Å². The average Bonchev–Trinajstić information content (AvgIpc) is 2.75. The van der Waals surface area contributed by atoms with E-state index in [-0.39, 0.29) is 11.8 Å². The average molecular weight is 266 g/mol. The number of rotatable bonds is 1. The summed E-state index contributed by atoms with van der Waals surface area (Å²) >= 11 is 0. The molecule has 0 aromatic carbocycles. The predicted molar refractivity (Wildman–Crippen MR) is 70.5 cm³/mol. The highest BCUT2D eigenvalue weighted by Crippen LogP contribution is 2.37. The van der Waals surface area contributed by atoms with Gasteiger partial charge >= 0.3 is 5.97 Å². The molecule has 1 saturated carbocycles. The van der Waals surface area contributed by atoms with Crippen molar-refractivity contribution in [2.75, 3.05) is 13.2 Å². The van der Waals surface area contributed by atoms with Crippen LogP contribution in [-0.4, -0.2) is 30.6 Å². The van der Waals surface area contributed by atoms with Crippen LogP contribution in [0, 0.1) is 0 Å². The van der Waals surface area contributed by atoms with E-state index in [1.54, 1.807) is 0 Å². The maximum absolute atomic E-state index is 11.5. The van der Waals surface area contributed by atoms with Crippen LogP contribution >= 0.6 is 0 Å². The summed E-state index contributed by atoms with van der Waals surface area (Å²) in [6, 6.07) is 0. The normalized spacial score (nSPS) is 22.2. The monoisotopic (exact) mass is 266 g/mol. The van der Waals surface area contributed by atoms with Crippen molar-refractivity contribution in [3.8, 4) is 0 Å². The molecule has 2 rings (SSSR count). The van der Waals surface area contributed by atoms with Crippen LogP contribution in [0.25, 0.3) is 0 Å². The van der Waals surface area contributed by atoms with Gasteiger partial charge in [0.05, 0.1) is 19.3 Å².